The van der Waals surface area contributed by atoms with E-state index >= 15 is 0 Å². The lowest BCUT2D eigenvalue weighted by molar-refractivity contribution is 0.102. The number of carbonyl (C=O) groups is 1. The quantitative estimate of drug-likeness (QED) is 0.500. The highest BCUT2D eigenvalue weighted by molar-refractivity contribution is 9.10. The molecule has 8 nitrogen and oxygen atoms in total. The molecule has 2 aromatic carbocycles. The number of hydrogen-bond donors (Lipinski definition) is 2. The van der Waals surface area contributed by atoms with Gasteiger partial charge >= 0.3 is 0 Å². The van der Waals surface area contributed by atoms with Crippen LogP contribution in [-0.2, 0) is 9.73 Å². The third-order valence-electron chi connectivity index (χ3n) is 4.10. The maximum atomic E-state index is 12.9. The van der Waals surface area contributed by atoms with Gasteiger partial charge in [0.2, 0.25) is 5.88 Å². The zero-order valence-electron chi connectivity index (χ0n) is 16.5. The van der Waals surface area contributed by atoms with Crippen LogP contribution in [0.2, 0.25) is 0 Å². The SMILES string of the molecule is COc1cc(C#N)ccc1Oc1ncc(Br)cc1C(=O)Nc1cccc(S(C)(=N)=O)c1. The fourth-order valence-corrected chi connectivity index (χ4v) is 3.63. The molecule has 1 aromatic heterocycles. The van der Waals surface area contributed by atoms with E-state index in [1.54, 1.807) is 36.4 Å². The molecule has 3 aromatic rings. The lowest BCUT2D eigenvalue weighted by atomic mass is 10.2. The predicted molar refractivity (Wildman–Crippen MR) is 119 cm³/mol. The molecule has 1 unspecified atom stereocenters. The van der Waals surface area contributed by atoms with Gasteiger partial charge in [0, 0.05) is 33.6 Å². The van der Waals surface area contributed by atoms with E-state index in [1.165, 1.54) is 31.7 Å². The van der Waals surface area contributed by atoms with Crippen molar-refractivity contribution >= 4 is 37.3 Å². The van der Waals surface area contributed by atoms with Crippen molar-refractivity contribution in [2.45, 2.75) is 4.90 Å². The van der Waals surface area contributed by atoms with Gasteiger partial charge in [-0.2, -0.15) is 5.26 Å². The largest absolute Gasteiger partial charge is 0.493 e. The van der Waals surface area contributed by atoms with Crippen LogP contribution in [0.3, 0.4) is 0 Å². The van der Waals surface area contributed by atoms with Crippen LogP contribution in [0.15, 0.2) is 64.1 Å². The van der Waals surface area contributed by atoms with Crippen LogP contribution >= 0.6 is 15.9 Å². The zero-order valence-corrected chi connectivity index (χ0v) is 18.9. The molecule has 2 N–H and O–H groups in total. The number of carbonyl (C=O) groups excluding carboxylic acids is 1. The highest BCUT2D eigenvalue weighted by Gasteiger charge is 2.18. The summed E-state index contributed by atoms with van der Waals surface area (Å²) in [6, 6.07) is 14.5. The van der Waals surface area contributed by atoms with E-state index in [0.29, 0.717) is 26.4 Å². The lowest BCUT2D eigenvalue weighted by Gasteiger charge is -2.13. The van der Waals surface area contributed by atoms with Gasteiger partial charge in [-0.05, 0) is 52.3 Å². The average molecular weight is 501 g/mol. The first-order chi connectivity index (χ1) is 14.7. The van der Waals surface area contributed by atoms with Gasteiger partial charge in [0.1, 0.15) is 5.56 Å². The Hall–Kier alpha value is -3.42. The van der Waals surface area contributed by atoms with Gasteiger partial charge in [-0.1, -0.05) is 6.07 Å². The molecule has 10 heteroatoms. The molecule has 1 atom stereocenters. The van der Waals surface area contributed by atoms with Crippen molar-refractivity contribution in [1.29, 1.82) is 10.0 Å². The van der Waals surface area contributed by atoms with Gasteiger partial charge in [-0.15, -0.1) is 0 Å². The number of benzene rings is 2. The Bertz CT molecular complexity index is 1300. The van der Waals surface area contributed by atoms with Crippen LogP contribution in [0.5, 0.6) is 17.4 Å². The third kappa shape index (κ3) is 5.39. The molecule has 0 spiro atoms. The normalized spacial score (nSPS) is 12.3. The summed E-state index contributed by atoms with van der Waals surface area (Å²) in [4.78, 5) is 17.4. The van der Waals surface area contributed by atoms with Crippen molar-refractivity contribution in [2.75, 3.05) is 18.7 Å². The summed E-state index contributed by atoms with van der Waals surface area (Å²) in [6.45, 7) is 0. The summed E-state index contributed by atoms with van der Waals surface area (Å²) < 4.78 is 31.4. The number of halogens is 1. The first kappa shape index (κ1) is 22.3. The molecular weight excluding hydrogens is 484 g/mol. The Morgan fingerprint density at radius 1 is 1.23 bits per heavy atom. The van der Waals surface area contributed by atoms with E-state index in [0.717, 1.165) is 0 Å². The molecule has 0 aliphatic carbocycles. The van der Waals surface area contributed by atoms with Crippen molar-refractivity contribution in [1.82, 2.24) is 4.98 Å². The van der Waals surface area contributed by atoms with Gasteiger partial charge < -0.3 is 14.8 Å². The van der Waals surface area contributed by atoms with Crippen LogP contribution in [0, 0.1) is 16.1 Å². The minimum atomic E-state index is -2.93. The molecule has 0 aliphatic heterocycles. The number of hydrogen-bond acceptors (Lipinski definition) is 7. The smallest absolute Gasteiger partial charge is 0.261 e. The molecule has 0 aliphatic rings. The second-order valence-corrected chi connectivity index (χ2v) is 9.49. The van der Waals surface area contributed by atoms with Crippen LogP contribution in [0.4, 0.5) is 5.69 Å². The van der Waals surface area contributed by atoms with E-state index in [9.17, 15) is 9.00 Å². The molecule has 1 amide bonds. The molecule has 1 heterocycles. The molecule has 0 saturated heterocycles. The third-order valence-corrected chi connectivity index (χ3v) is 5.69. The second-order valence-electron chi connectivity index (χ2n) is 6.41. The minimum absolute atomic E-state index is 0.0274. The fraction of sp³-hybridized carbons (Fsp3) is 0.0952. The number of rotatable bonds is 6. The average Bonchev–Trinajstić information content (AvgIpc) is 2.74. The monoisotopic (exact) mass is 500 g/mol. The number of nitrogens with one attached hydrogen (secondary N) is 2. The van der Waals surface area contributed by atoms with Gasteiger partial charge in [0.25, 0.3) is 5.91 Å². The predicted octanol–water partition coefficient (Wildman–Crippen LogP) is 4.80. The zero-order chi connectivity index (χ0) is 22.6. The Labute approximate surface area is 187 Å². The summed E-state index contributed by atoms with van der Waals surface area (Å²) in [5.41, 5.74) is 0.910. The summed E-state index contributed by atoms with van der Waals surface area (Å²) >= 11 is 3.30. The molecule has 3 rings (SSSR count). The van der Waals surface area contributed by atoms with Crippen LogP contribution < -0.4 is 14.8 Å². The maximum Gasteiger partial charge on any atom is 0.261 e. The number of aromatic nitrogens is 1. The Balaban J connectivity index is 1.94. The Morgan fingerprint density at radius 2 is 2.00 bits per heavy atom. The number of pyridine rings is 1. The second kappa shape index (κ2) is 9.16. The molecule has 0 fully saturated rings. The van der Waals surface area contributed by atoms with Crippen LogP contribution in [0.25, 0.3) is 0 Å². The van der Waals surface area contributed by atoms with E-state index in [2.05, 4.69) is 26.2 Å². The van der Waals surface area contributed by atoms with Gasteiger partial charge in [0.05, 0.1) is 28.5 Å². The molecule has 31 heavy (non-hydrogen) atoms. The van der Waals surface area contributed by atoms with Crippen molar-refractivity contribution in [3.8, 4) is 23.4 Å². The first-order valence-electron chi connectivity index (χ1n) is 8.78. The number of nitrogens with zero attached hydrogens (tertiary/aromatic N) is 2. The molecule has 0 saturated carbocycles. The lowest BCUT2D eigenvalue weighted by Crippen LogP contribution is -2.14. The summed E-state index contributed by atoms with van der Waals surface area (Å²) in [5.74, 6) is 0.115. The molecule has 0 radical (unpaired) electrons. The molecule has 158 valence electrons. The standard InChI is InChI=1S/C21H17BrN4O4S/c1-29-19-8-13(11-23)6-7-18(19)30-21-17(9-14(22)12-25-21)20(27)26-15-4-3-5-16(10-15)31(2,24)28/h3-10,12,24H,1-2H3,(H,26,27). The van der Waals surface area contributed by atoms with Crippen LogP contribution in [-0.4, -0.2) is 28.5 Å². The minimum Gasteiger partial charge on any atom is -0.493 e. The highest BCUT2D eigenvalue weighted by Crippen LogP contribution is 2.33. The van der Waals surface area contributed by atoms with E-state index in [1.807, 2.05) is 6.07 Å². The summed E-state index contributed by atoms with van der Waals surface area (Å²) in [7, 11) is -1.49. The van der Waals surface area contributed by atoms with Crippen molar-refractivity contribution in [3.05, 3.63) is 70.3 Å². The van der Waals surface area contributed by atoms with E-state index < -0.39 is 15.6 Å². The van der Waals surface area contributed by atoms with E-state index in [4.69, 9.17) is 19.5 Å². The Morgan fingerprint density at radius 3 is 2.68 bits per heavy atom. The number of methoxy groups -OCH3 is 1. The number of nitriles is 1. The van der Waals surface area contributed by atoms with Crippen molar-refractivity contribution < 1.29 is 18.5 Å². The highest BCUT2D eigenvalue weighted by atomic mass is 79.9. The maximum absolute atomic E-state index is 12.9. The van der Waals surface area contributed by atoms with Crippen molar-refractivity contribution in [2.24, 2.45) is 0 Å². The number of ether oxygens (including phenoxy) is 2. The van der Waals surface area contributed by atoms with Gasteiger partial charge in [-0.3, -0.25) is 4.79 Å². The fourth-order valence-electron chi connectivity index (χ4n) is 2.61. The molecule has 0 bridgehead atoms. The van der Waals surface area contributed by atoms with Crippen LogP contribution in [0.1, 0.15) is 15.9 Å². The summed E-state index contributed by atoms with van der Waals surface area (Å²) in [5, 5.41) is 11.8. The van der Waals surface area contributed by atoms with E-state index in [-0.39, 0.29) is 17.2 Å². The summed E-state index contributed by atoms with van der Waals surface area (Å²) in [6.07, 6.45) is 2.79. The van der Waals surface area contributed by atoms with Gasteiger partial charge in [0.15, 0.2) is 11.5 Å². The number of anilines is 1. The van der Waals surface area contributed by atoms with Gasteiger partial charge in [-0.25, -0.2) is 14.0 Å². The topological polar surface area (TPSA) is 125 Å². The Kier molecular flexibility index (Phi) is 6.58. The van der Waals surface area contributed by atoms with Crippen molar-refractivity contribution in [3.63, 3.8) is 0 Å². The molecular formula is C21H17BrN4O4S. The number of amides is 1. The first-order valence-corrected chi connectivity index (χ1v) is 11.5.